The van der Waals surface area contributed by atoms with Crippen LogP contribution in [0.1, 0.15) is 11.3 Å². The molecule has 0 aliphatic carbocycles. The van der Waals surface area contributed by atoms with Crippen LogP contribution in [0.5, 0.6) is 0 Å². The molecule has 0 saturated carbocycles. The monoisotopic (exact) mass is 362 g/mol. The average Bonchev–Trinajstić information content (AvgIpc) is 3.14. The van der Waals surface area contributed by atoms with Gasteiger partial charge in [0.25, 0.3) is 5.91 Å². The predicted octanol–water partition coefficient (Wildman–Crippen LogP) is 2.37. The lowest BCUT2D eigenvalue weighted by Gasteiger charge is -2.32. The maximum Gasteiger partial charge on any atom is 0.253 e. The Bertz CT molecular complexity index is 718. The maximum absolute atomic E-state index is 13.0. The Morgan fingerprint density at radius 2 is 2.12 bits per heavy atom. The minimum atomic E-state index is -0.348. The van der Waals surface area contributed by atoms with E-state index in [0.717, 1.165) is 6.42 Å². The Morgan fingerprint density at radius 3 is 2.84 bits per heavy atom. The smallest absolute Gasteiger partial charge is 0.253 e. The van der Waals surface area contributed by atoms with Crippen molar-refractivity contribution < 1.29 is 18.7 Å². The van der Waals surface area contributed by atoms with E-state index in [9.17, 15) is 14.0 Å². The third-order valence-corrected chi connectivity index (χ3v) is 4.91. The van der Waals surface area contributed by atoms with Crippen LogP contribution >= 0.6 is 11.3 Å². The van der Waals surface area contributed by atoms with Crippen molar-refractivity contribution in [1.82, 2.24) is 5.32 Å². The standard InChI is InChI=1S/C18H19FN2O3S/c19-13-3-5-14(6-4-13)21-11-15(24-12-18(21)23)10-20-17(22)8-7-16-2-1-9-25-16/h1-6,9,15H,7-8,10-12H2,(H,20,22). The van der Waals surface area contributed by atoms with E-state index >= 15 is 0 Å². The van der Waals surface area contributed by atoms with Gasteiger partial charge in [-0.3, -0.25) is 9.59 Å². The Balaban J connectivity index is 1.48. The van der Waals surface area contributed by atoms with Crippen molar-refractivity contribution in [3.05, 3.63) is 52.5 Å². The number of carbonyl (C=O) groups excluding carboxylic acids is 2. The van der Waals surface area contributed by atoms with Gasteiger partial charge < -0.3 is 15.0 Å². The SMILES string of the molecule is O=C(CCc1cccs1)NCC1CN(c2ccc(F)cc2)C(=O)CO1. The third-order valence-electron chi connectivity index (χ3n) is 3.97. The van der Waals surface area contributed by atoms with Gasteiger partial charge in [0, 0.05) is 23.5 Å². The van der Waals surface area contributed by atoms with E-state index in [1.54, 1.807) is 28.4 Å². The molecule has 132 valence electrons. The molecule has 1 unspecified atom stereocenters. The summed E-state index contributed by atoms with van der Waals surface area (Å²) in [4.78, 5) is 26.7. The molecule has 1 aromatic carbocycles. The second-order valence-electron chi connectivity index (χ2n) is 5.80. The molecular weight excluding hydrogens is 343 g/mol. The first-order valence-electron chi connectivity index (χ1n) is 8.08. The molecule has 2 aromatic rings. The number of hydrogen-bond donors (Lipinski definition) is 1. The van der Waals surface area contributed by atoms with E-state index < -0.39 is 0 Å². The quantitative estimate of drug-likeness (QED) is 0.858. The molecule has 1 N–H and O–H groups in total. The van der Waals surface area contributed by atoms with Gasteiger partial charge in [-0.05, 0) is 42.1 Å². The normalized spacial score (nSPS) is 17.6. The Hall–Kier alpha value is -2.25. The summed E-state index contributed by atoms with van der Waals surface area (Å²) in [7, 11) is 0. The Morgan fingerprint density at radius 1 is 1.32 bits per heavy atom. The highest BCUT2D eigenvalue weighted by Gasteiger charge is 2.27. The summed E-state index contributed by atoms with van der Waals surface area (Å²) < 4.78 is 18.5. The van der Waals surface area contributed by atoms with Crippen LogP contribution < -0.4 is 10.2 Å². The summed E-state index contributed by atoms with van der Waals surface area (Å²) in [5, 5.41) is 4.84. The molecule has 1 aliphatic heterocycles. The molecule has 25 heavy (non-hydrogen) atoms. The van der Waals surface area contributed by atoms with Gasteiger partial charge in [0.1, 0.15) is 12.4 Å². The van der Waals surface area contributed by atoms with E-state index in [0.29, 0.717) is 25.2 Å². The molecule has 0 spiro atoms. The summed E-state index contributed by atoms with van der Waals surface area (Å²) in [6.07, 6.45) is 0.858. The first-order valence-corrected chi connectivity index (χ1v) is 8.96. The van der Waals surface area contributed by atoms with Gasteiger partial charge in [-0.15, -0.1) is 11.3 Å². The minimum absolute atomic E-state index is 0.0396. The zero-order chi connectivity index (χ0) is 17.6. The summed E-state index contributed by atoms with van der Waals surface area (Å²) in [6.45, 7) is 0.622. The number of morpholine rings is 1. The van der Waals surface area contributed by atoms with Crippen molar-refractivity contribution in [1.29, 1.82) is 0 Å². The molecule has 2 heterocycles. The lowest BCUT2D eigenvalue weighted by molar-refractivity contribution is -0.129. The fraction of sp³-hybridized carbons (Fsp3) is 0.333. The number of aryl methyl sites for hydroxylation is 1. The first kappa shape index (κ1) is 17.6. The van der Waals surface area contributed by atoms with E-state index in [1.807, 2.05) is 17.5 Å². The largest absolute Gasteiger partial charge is 0.365 e. The van der Waals surface area contributed by atoms with Crippen molar-refractivity contribution >= 4 is 28.8 Å². The lowest BCUT2D eigenvalue weighted by Crippen LogP contribution is -2.50. The van der Waals surface area contributed by atoms with Gasteiger partial charge in [-0.25, -0.2) is 4.39 Å². The minimum Gasteiger partial charge on any atom is -0.365 e. The highest BCUT2D eigenvalue weighted by molar-refractivity contribution is 7.09. The summed E-state index contributed by atoms with van der Waals surface area (Å²) in [6, 6.07) is 9.74. The summed E-state index contributed by atoms with van der Waals surface area (Å²) in [5.74, 6) is -0.562. The Labute approximate surface area is 149 Å². The van der Waals surface area contributed by atoms with Crippen LogP contribution in [0.3, 0.4) is 0 Å². The summed E-state index contributed by atoms with van der Waals surface area (Å²) >= 11 is 1.63. The molecule has 5 nitrogen and oxygen atoms in total. The fourth-order valence-electron chi connectivity index (χ4n) is 2.63. The molecule has 0 radical (unpaired) electrons. The molecule has 1 saturated heterocycles. The van der Waals surface area contributed by atoms with Crippen LogP contribution in [-0.4, -0.2) is 37.6 Å². The topological polar surface area (TPSA) is 58.6 Å². The van der Waals surface area contributed by atoms with Crippen LogP contribution in [-0.2, 0) is 20.7 Å². The zero-order valence-electron chi connectivity index (χ0n) is 13.6. The molecule has 7 heteroatoms. The van der Waals surface area contributed by atoms with Crippen molar-refractivity contribution in [3.8, 4) is 0 Å². The number of carbonyl (C=O) groups is 2. The van der Waals surface area contributed by atoms with Gasteiger partial charge >= 0.3 is 0 Å². The number of nitrogens with zero attached hydrogens (tertiary/aromatic N) is 1. The lowest BCUT2D eigenvalue weighted by atomic mass is 10.2. The zero-order valence-corrected chi connectivity index (χ0v) is 14.4. The second-order valence-corrected chi connectivity index (χ2v) is 6.83. The second kappa shape index (κ2) is 8.22. The van der Waals surface area contributed by atoms with Crippen molar-refractivity contribution in [2.24, 2.45) is 0 Å². The molecule has 2 amide bonds. The number of benzene rings is 1. The summed E-state index contributed by atoms with van der Waals surface area (Å²) in [5.41, 5.74) is 0.628. The molecular formula is C18H19FN2O3S. The molecule has 1 atom stereocenters. The van der Waals surface area contributed by atoms with Crippen LogP contribution in [0.15, 0.2) is 41.8 Å². The van der Waals surface area contributed by atoms with E-state index in [-0.39, 0.29) is 30.3 Å². The van der Waals surface area contributed by atoms with Gasteiger partial charge in [0.15, 0.2) is 0 Å². The molecule has 1 fully saturated rings. The maximum atomic E-state index is 13.0. The highest BCUT2D eigenvalue weighted by atomic mass is 32.1. The van der Waals surface area contributed by atoms with Gasteiger partial charge in [-0.1, -0.05) is 6.07 Å². The number of halogens is 1. The van der Waals surface area contributed by atoms with Crippen molar-refractivity contribution in [2.45, 2.75) is 18.9 Å². The van der Waals surface area contributed by atoms with E-state index in [1.165, 1.54) is 17.0 Å². The van der Waals surface area contributed by atoms with Crippen molar-refractivity contribution in [2.75, 3.05) is 24.6 Å². The Kier molecular flexibility index (Phi) is 5.78. The van der Waals surface area contributed by atoms with Crippen LogP contribution in [0.25, 0.3) is 0 Å². The average molecular weight is 362 g/mol. The fourth-order valence-corrected chi connectivity index (χ4v) is 3.34. The number of ether oxygens (including phenoxy) is 1. The van der Waals surface area contributed by atoms with Gasteiger partial charge in [-0.2, -0.15) is 0 Å². The van der Waals surface area contributed by atoms with Crippen molar-refractivity contribution in [3.63, 3.8) is 0 Å². The number of rotatable bonds is 6. The number of hydrogen-bond acceptors (Lipinski definition) is 4. The molecule has 1 aromatic heterocycles. The molecule has 3 rings (SSSR count). The molecule has 0 bridgehead atoms. The van der Waals surface area contributed by atoms with Gasteiger partial charge in [0.2, 0.25) is 5.91 Å². The predicted molar refractivity (Wildman–Crippen MR) is 94.1 cm³/mol. The van der Waals surface area contributed by atoms with Crippen LogP contribution in [0, 0.1) is 5.82 Å². The highest BCUT2D eigenvalue weighted by Crippen LogP contribution is 2.19. The van der Waals surface area contributed by atoms with Crippen LogP contribution in [0.2, 0.25) is 0 Å². The number of anilines is 1. The third kappa shape index (κ3) is 4.87. The number of amides is 2. The number of thiophene rings is 1. The van der Waals surface area contributed by atoms with E-state index in [2.05, 4.69) is 5.32 Å². The molecule has 1 aliphatic rings. The van der Waals surface area contributed by atoms with Gasteiger partial charge in [0.05, 0.1) is 12.6 Å². The van der Waals surface area contributed by atoms with E-state index in [4.69, 9.17) is 4.74 Å². The van der Waals surface area contributed by atoms with Crippen LogP contribution in [0.4, 0.5) is 10.1 Å². The first-order chi connectivity index (χ1) is 12.1. The number of nitrogens with one attached hydrogen (secondary N) is 1.